The van der Waals surface area contributed by atoms with Crippen molar-refractivity contribution < 1.29 is 29.3 Å². The van der Waals surface area contributed by atoms with Gasteiger partial charge >= 0.3 is 12.1 Å². The Kier molecular flexibility index (Phi) is 11.1. The lowest BCUT2D eigenvalue weighted by Gasteiger charge is -2.24. The van der Waals surface area contributed by atoms with E-state index in [0.717, 1.165) is 17.7 Å². The number of aliphatic hydroxyl groups excluding tert-OH is 2. The van der Waals surface area contributed by atoms with Gasteiger partial charge < -0.3 is 20.3 Å². The van der Waals surface area contributed by atoms with Crippen LogP contribution in [0.2, 0.25) is 0 Å². The van der Waals surface area contributed by atoms with E-state index in [1.807, 2.05) is 29.5 Å². The molecule has 0 radical (unpaired) electrons. The fraction of sp³-hybridized carbons (Fsp3) is 0.667. The van der Waals surface area contributed by atoms with Crippen molar-refractivity contribution >= 4 is 40.6 Å². The normalized spacial score (nSPS) is 15.1. The van der Waals surface area contributed by atoms with E-state index in [1.165, 1.54) is 13.8 Å². The monoisotopic (exact) mass is 469 g/mol. The van der Waals surface area contributed by atoms with Gasteiger partial charge in [0.05, 0.1) is 13.2 Å². The number of ether oxygens (including phenoxy) is 1. The predicted octanol–water partition coefficient (Wildman–Crippen LogP) is 0.837. The van der Waals surface area contributed by atoms with Gasteiger partial charge in [0.25, 0.3) is 5.91 Å². The lowest BCUT2D eigenvalue weighted by molar-refractivity contribution is -0.134. The third kappa shape index (κ3) is 7.05. The maximum absolute atomic E-state index is 11.4. The largest absolute Gasteiger partial charge is 0.450 e. The summed E-state index contributed by atoms with van der Waals surface area (Å²) in [6.07, 6.45) is 1.55. The summed E-state index contributed by atoms with van der Waals surface area (Å²) in [5, 5.41) is 20.1. The molecule has 0 aromatic carbocycles. The summed E-state index contributed by atoms with van der Waals surface area (Å²) in [6, 6.07) is -0.667. The second-order valence-electron chi connectivity index (χ2n) is 5.40. The highest BCUT2D eigenvalue weighted by atomic mass is 127. The quantitative estimate of drug-likeness (QED) is 0.230. The molecule has 142 valence electrons. The van der Waals surface area contributed by atoms with Crippen molar-refractivity contribution in [3.8, 4) is 9.85 Å². The van der Waals surface area contributed by atoms with Crippen LogP contribution in [0.15, 0.2) is 0 Å². The molecule has 0 atom stereocenters. The van der Waals surface area contributed by atoms with Crippen LogP contribution >= 0.6 is 22.6 Å². The Labute approximate surface area is 160 Å². The topological polar surface area (TPSA) is 119 Å². The molecule has 0 unspecified atom stereocenters. The van der Waals surface area contributed by atoms with Crippen LogP contribution in [0, 0.1) is 9.85 Å². The summed E-state index contributed by atoms with van der Waals surface area (Å²) in [7, 11) is 0. The maximum Gasteiger partial charge on any atom is 0.407 e. The number of carbonyl (C=O) groups excluding carboxylic acids is 3. The molecule has 1 rings (SSSR count). The highest BCUT2D eigenvalue weighted by Crippen LogP contribution is 2.25. The average molecular weight is 469 g/mol. The number of rotatable bonds is 6. The van der Waals surface area contributed by atoms with E-state index in [9.17, 15) is 14.4 Å². The Hall–Kier alpha value is -1.58. The second kappa shape index (κ2) is 11.9. The number of nitrogens with zero attached hydrogens (tertiary/aromatic N) is 2. The molecular weight excluding hydrogens is 445 g/mol. The van der Waals surface area contributed by atoms with Crippen molar-refractivity contribution in [2.75, 3.05) is 26.6 Å². The van der Waals surface area contributed by atoms with E-state index in [0.29, 0.717) is 18.1 Å². The number of imide groups is 1. The maximum atomic E-state index is 11.4. The van der Waals surface area contributed by atoms with Gasteiger partial charge in [-0.15, -0.1) is 0 Å². The van der Waals surface area contributed by atoms with Crippen molar-refractivity contribution in [3.63, 3.8) is 0 Å². The second-order valence-corrected chi connectivity index (χ2v) is 5.94. The molecule has 0 bridgehead atoms. The van der Waals surface area contributed by atoms with Crippen molar-refractivity contribution in [3.05, 3.63) is 0 Å². The zero-order valence-corrected chi connectivity index (χ0v) is 16.7. The number of hydrogen-bond acceptors (Lipinski definition) is 6. The van der Waals surface area contributed by atoms with E-state index >= 15 is 0 Å². The third-order valence-electron chi connectivity index (χ3n) is 3.31. The van der Waals surface area contributed by atoms with Gasteiger partial charge in [-0.2, -0.15) is 0 Å². The molecule has 0 saturated carbocycles. The average Bonchev–Trinajstić information content (AvgIpc) is 2.73. The number of alkyl carbamates (subject to hydrolysis) is 1. The van der Waals surface area contributed by atoms with Crippen LogP contribution in [-0.2, 0) is 9.53 Å². The molecule has 1 aliphatic rings. The Balaban J connectivity index is 0.000000463. The lowest BCUT2D eigenvalue weighted by atomic mass is 10.1. The smallest absolute Gasteiger partial charge is 0.407 e. The van der Waals surface area contributed by atoms with Gasteiger partial charge in [0.15, 0.2) is 0 Å². The van der Waals surface area contributed by atoms with E-state index < -0.39 is 30.9 Å². The van der Waals surface area contributed by atoms with Crippen molar-refractivity contribution in [1.82, 2.24) is 15.1 Å². The molecule has 1 saturated heterocycles. The van der Waals surface area contributed by atoms with Gasteiger partial charge in [-0.25, -0.2) is 14.5 Å². The highest BCUT2D eigenvalue weighted by Gasteiger charge is 2.50. The minimum atomic E-state index is -1.07. The summed E-state index contributed by atoms with van der Waals surface area (Å²) in [6.45, 7) is 4.72. The first-order valence-corrected chi connectivity index (χ1v) is 8.70. The van der Waals surface area contributed by atoms with E-state index in [2.05, 4.69) is 15.2 Å². The fourth-order valence-corrected chi connectivity index (χ4v) is 1.98. The molecule has 4 amide bonds. The molecule has 9 nitrogen and oxygen atoms in total. The number of carbonyl (C=O) groups is 3. The number of amides is 4. The van der Waals surface area contributed by atoms with Crippen LogP contribution in [0.1, 0.15) is 33.6 Å². The van der Waals surface area contributed by atoms with Gasteiger partial charge in [-0.05, 0) is 24.2 Å². The van der Waals surface area contributed by atoms with E-state index in [1.54, 1.807) is 0 Å². The molecule has 0 aliphatic carbocycles. The van der Waals surface area contributed by atoms with Gasteiger partial charge in [0.2, 0.25) is 0 Å². The molecule has 1 fully saturated rings. The molecule has 10 heteroatoms. The van der Waals surface area contributed by atoms with Crippen molar-refractivity contribution in [2.45, 2.75) is 39.2 Å². The number of unbranched alkanes of at least 4 members (excludes halogenated alkanes) is 1. The zero-order chi connectivity index (χ0) is 19.5. The molecule has 0 aromatic heterocycles. The summed E-state index contributed by atoms with van der Waals surface area (Å²) in [4.78, 5) is 35.2. The van der Waals surface area contributed by atoms with Gasteiger partial charge in [0, 0.05) is 22.6 Å². The summed E-state index contributed by atoms with van der Waals surface area (Å²) in [5.41, 5.74) is -1.07. The van der Waals surface area contributed by atoms with Crippen LogP contribution < -0.4 is 5.32 Å². The zero-order valence-electron chi connectivity index (χ0n) is 14.5. The Morgan fingerprint density at radius 2 is 1.96 bits per heavy atom. The van der Waals surface area contributed by atoms with Crippen molar-refractivity contribution in [2.24, 2.45) is 0 Å². The highest BCUT2D eigenvalue weighted by molar-refractivity contribution is 14.1. The molecule has 25 heavy (non-hydrogen) atoms. The minimum absolute atomic E-state index is 0.355. The molecule has 0 spiro atoms. The van der Waals surface area contributed by atoms with Gasteiger partial charge in [-0.1, -0.05) is 19.3 Å². The van der Waals surface area contributed by atoms with Crippen LogP contribution in [0.4, 0.5) is 9.59 Å². The third-order valence-corrected chi connectivity index (χ3v) is 3.69. The summed E-state index contributed by atoms with van der Waals surface area (Å²) >= 11 is 1.92. The molecule has 3 N–H and O–H groups in total. The fourth-order valence-electron chi connectivity index (χ4n) is 1.79. The standard InChI is InChI=1S/C8H12INO2.C7H12N2O4/c1-2-3-7-12-8(11)10-6-4-5-9;1-7(2)5(12)8(3-10)6(13)9(7)4-11/h2-3,6-7H2,1H3,(H,10,11);10-11H,3-4H2,1-2H3. The van der Waals surface area contributed by atoms with E-state index in [4.69, 9.17) is 14.9 Å². The summed E-state index contributed by atoms with van der Waals surface area (Å²) in [5.74, 6) is 2.19. The van der Waals surface area contributed by atoms with E-state index in [-0.39, 0.29) is 6.09 Å². The SMILES string of the molecule is CC1(C)C(=O)N(CO)C(=O)N1CO.CCCCOC(=O)NCC#CI. The summed E-state index contributed by atoms with van der Waals surface area (Å²) < 4.78 is 7.45. The van der Waals surface area contributed by atoms with Gasteiger partial charge in [-0.3, -0.25) is 9.69 Å². The number of hydrogen-bond donors (Lipinski definition) is 3. The Morgan fingerprint density at radius 1 is 1.32 bits per heavy atom. The lowest BCUT2D eigenvalue weighted by Crippen LogP contribution is -2.44. The number of halogens is 1. The molecule has 0 aromatic rings. The molecule has 1 aliphatic heterocycles. The molecular formula is C15H24IN3O6. The first-order valence-electron chi connectivity index (χ1n) is 7.62. The van der Waals surface area contributed by atoms with Gasteiger partial charge in [0.1, 0.15) is 19.0 Å². The van der Waals surface area contributed by atoms with Crippen molar-refractivity contribution in [1.29, 1.82) is 0 Å². The molecule has 1 heterocycles. The first kappa shape index (κ1) is 23.4. The number of aliphatic hydroxyl groups is 2. The predicted molar refractivity (Wildman–Crippen MR) is 98.4 cm³/mol. The number of urea groups is 1. The van der Waals surface area contributed by atoms with Crippen LogP contribution in [0.25, 0.3) is 0 Å². The first-order chi connectivity index (χ1) is 11.8. The minimum Gasteiger partial charge on any atom is -0.450 e. The Bertz CT molecular complexity index is 529. The Morgan fingerprint density at radius 3 is 2.36 bits per heavy atom. The number of nitrogens with one attached hydrogen (secondary N) is 1. The van der Waals surface area contributed by atoms with Crippen LogP contribution in [0.5, 0.6) is 0 Å². The van der Waals surface area contributed by atoms with Crippen LogP contribution in [0.3, 0.4) is 0 Å². The van der Waals surface area contributed by atoms with Crippen LogP contribution in [-0.4, -0.2) is 70.2 Å².